The summed E-state index contributed by atoms with van der Waals surface area (Å²) < 4.78 is 31.9. The van der Waals surface area contributed by atoms with Crippen molar-refractivity contribution < 1.29 is 18.0 Å². The Morgan fingerprint density at radius 2 is 1.94 bits per heavy atom. The number of aromatic amines is 1. The van der Waals surface area contributed by atoms with Gasteiger partial charge in [0.1, 0.15) is 22.9 Å². The van der Waals surface area contributed by atoms with Gasteiger partial charge in [-0.1, -0.05) is 19.8 Å². The molecule has 0 saturated heterocycles. The number of hydrogen-bond acceptors (Lipinski definition) is 6. The molecule has 1 aliphatic rings. The molecule has 1 aliphatic carbocycles. The van der Waals surface area contributed by atoms with Crippen LogP contribution < -0.4 is 10.6 Å². The number of aromatic nitrogens is 3. The predicted octanol–water partition coefficient (Wildman–Crippen LogP) is 6.91. The van der Waals surface area contributed by atoms with Crippen LogP contribution in [-0.2, 0) is 4.79 Å². The van der Waals surface area contributed by atoms with Gasteiger partial charge >= 0.3 is 0 Å². The van der Waals surface area contributed by atoms with Gasteiger partial charge in [0.2, 0.25) is 6.41 Å². The number of hydrogen-bond donors (Lipinski definition) is 3. The van der Waals surface area contributed by atoms with Crippen molar-refractivity contribution in [3.05, 3.63) is 48.0 Å². The van der Waals surface area contributed by atoms with Gasteiger partial charge in [-0.25, -0.2) is 18.7 Å². The van der Waals surface area contributed by atoms with Crippen molar-refractivity contribution >= 4 is 46.5 Å². The second-order valence-corrected chi connectivity index (χ2v) is 8.92. The Labute approximate surface area is 199 Å². The molecule has 34 heavy (non-hydrogen) atoms. The molecule has 1 fully saturated rings. The Hall–Kier alpha value is -3.40. The molecular formula is C24H25F2N5O2S. The average molecular weight is 486 g/mol. The van der Waals surface area contributed by atoms with E-state index in [1.165, 1.54) is 24.6 Å². The number of amides is 1. The van der Waals surface area contributed by atoms with Gasteiger partial charge in [0, 0.05) is 16.5 Å². The first kappa shape index (κ1) is 23.7. The molecule has 3 heterocycles. The molecule has 3 aromatic heterocycles. The molecule has 1 saturated carbocycles. The highest BCUT2D eigenvalue weighted by atomic mass is 32.2. The van der Waals surface area contributed by atoms with Gasteiger partial charge < -0.3 is 20.0 Å². The minimum atomic E-state index is -2.77. The zero-order valence-corrected chi connectivity index (χ0v) is 19.8. The minimum Gasteiger partial charge on any atom is -0.461 e. The second kappa shape index (κ2) is 10.3. The van der Waals surface area contributed by atoms with E-state index in [4.69, 9.17) is 4.42 Å². The van der Waals surface area contributed by atoms with Crippen molar-refractivity contribution in [3.8, 4) is 11.3 Å². The van der Waals surface area contributed by atoms with Crippen LogP contribution >= 0.6 is 11.8 Å². The van der Waals surface area contributed by atoms with Gasteiger partial charge in [-0.3, -0.25) is 4.79 Å². The number of nitrogens with zero attached hydrogens (tertiary/aromatic N) is 2. The normalized spacial score (nSPS) is 13.0. The first-order valence-electron chi connectivity index (χ1n) is 10.8. The first-order chi connectivity index (χ1) is 16.4. The number of fused-ring (bicyclic) bond motifs is 1. The highest BCUT2D eigenvalue weighted by Gasteiger charge is 2.18. The summed E-state index contributed by atoms with van der Waals surface area (Å²) in [6.07, 6.45) is 2.60. The van der Waals surface area contributed by atoms with Crippen molar-refractivity contribution in [1.82, 2.24) is 15.0 Å². The first-order valence-corrected chi connectivity index (χ1v) is 12.0. The Morgan fingerprint density at radius 1 is 1.18 bits per heavy atom. The lowest BCUT2D eigenvalue weighted by Gasteiger charge is -2.13. The lowest BCUT2D eigenvalue weighted by atomic mass is 10.1. The van der Waals surface area contributed by atoms with Crippen LogP contribution in [-0.4, -0.2) is 27.6 Å². The fraction of sp³-hybridized carbons (Fsp3) is 0.292. The smallest absolute Gasteiger partial charge is 0.295 e. The standard InChI is InChI=1S/C20H17F2N5O2S.C4H8/c1-10-3-6-14(29-10)11-4-5-12(15(7-11)30-2)24-13-8-16(23-9-28)25-19-17(13)26-20(27-19)18(21)22;1-4-2-3-4/h3-9,18H,1-2H3,(H3,23,24,25,26,27,28);4H,2-3H2,1H3. The van der Waals surface area contributed by atoms with Crippen molar-refractivity contribution in [2.45, 2.75) is 38.0 Å². The number of nitrogens with one attached hydrogen (secondary N) is 3. The molecule has 1 aromatic carbocycles. The fourth-order valence-electron chi connectivity index (χ4n) is 3.19. The second-order valence-electron chi connectivity index (χ2n) is 8.07. The average Bonchev–Trinajstić information content (AvgIpc) is 3.28. The van der Waals surface area contributed by atoms with Crippen molar-refractivity contribution in [1.29, 1.82) is 0 Å². The largest absolute Gasteiger partial charge is 0.461 e. The van der Waals surface area contributed by atoms with Crippen LogP contribution in [0.25, 0.3) is 22.5 Å². The molecule has 0 atom stereocenters. The summed E-state index contributed by atoms with van der Waals surface area (Å²) in [7, 11) is 0. The molecular weight excluding hydrogens is 460 g/mol. The van der Waals surface area contributed by atoms with Crippen LogP contribution in [0.5, 0.6) is 0 Å². The number of imidazole rings is 1. The fourth-order valence-corrected chi connectivity index (χ4v) is 3.78. The third-order valence-corrected chi connectivity index (χ3v) is 6.03. The van der Waals surface area contributed by atoms with Crippen LogP contribution in [0.4, 0.5) is 26.0 Å². The van der Waals surface area contributed by atoms with Gasteiger partial charge in [0.25, 0.3) is 6.43 Å². The van der Waals surface area contributed by atoms with E-state index in [1.807, 2.05) is 43.5 Å². The summed E-state index contributed by atoms with van der Waals surface area (Å²) in [5.41, 5.74) is 2.53. The van der Waals surface area contributed by atoms with Crippen molar-refractivity contribution in [2.75, 3.05) is 16.9 Å². The van der Waals surface area contributed by atoms with E-state index in [2.05, 4.69) is 32.5 Å². The van der Waals surface area contributed by atoms with Gasteiger partial charge in [-0.15, -0.1) is 11.8 Å². The molecule has 1 amide bonds. The van der Waals surface area contributed by atoms with Crippen LogP contribution in [0, 0.1) is 12.8 Å². The number of thioether (sulfide) groups is 1. The third-order valence-electron chi connectivity index (χ3n) is 5.26. The van der Waals surface area contributed by atoms with Crippen LogP contribution in [0.2, 0.25) is 0 Å². The number of carbonyl (C=O) groups excluding carboxylic acids is 1. The molecule has 0 unspecified atom stereocenters. The highest BCUT2D eigenvalue weighted by Crippen LogP contribution is 2.36. The Balaban J connectivity index is 0.000000620. The number of benzene rings is 1. The molecule has 5 rings (SSSR count). The molecule has 10 heteroatoms. The van der Waals surface area contributed by atoms with E-state index >= 15 is 0 Å². The maximum absolute atomic E-state index is 13.1. The summed E-state index contributed by atoms with van der Waals surface area (Å²) >= 11 is 1.52. The Kier molecular flexibility index (Phi) is 7.16. The quantitative estimate of drug-likeness (QED) is 0.194. The van der Waals surface area contributed by atoms with Crippen LogP contribution in [0.3, 0.4) is 0 Å². The van der Waals surface area contributed by atoms with Crippen LogP contribution in [0.15, 0.2) is 45.7 Å². The number of halogens is 2. The van der Waals surface area contributed by atoms with E-state index in [9.17, 15) is 13.6 Å². The van der Waals surface area contributed by atoms with Crippen molar-refractivity contribution in [2.24, 2.45) is 5.92 Å². The SMILES string of the molecule is CC1CC1.CSc1cc(-c2ccc(C)o2)ccc1Nc1cc(NC=O)nc2nc(C(F)F)[nH]c12. The number of carbonyl (C=O) groups is 1. The number of anilines is 3. The summed E-state index contributed by atoms with van der Waals surface area (Å²) in [4.78, 5) is 22.3. The van der Waals surface area contributed by atoms with E-state index < -0.39 is 12.2 Å². The van der Waals surface area contributed by atoms with E-state index in [-0.39, 0.29) is 11.5 Å². The Morgan fingerprint density at radius 3 is 2.53 bits per heavy atom. The zero-order valence-electron chi connectivity index (χ0n) is 19.0. The molecule has 0 bridgehead atoms. The lowest BCUT2D eigenvalue weighted by Crippen LogP contribution is -2.00. The monoisotopic (exact) mass is 485 g/mol. The predicted molar refractivity (Wildman–Crippen MR) is 131 cm³/mol. The topological polar surface area (TPSA) is 95.8 Å². The molecule has 178 valence electrons. The molecule has 3 N–H and O–H groups in total. The van der Waals surface area contributed by atoms with Crippen molar-refractivity contribution in [3.63, 3.8) is 0 Å². The van der Waals surface area contributed by atoms with E-state index in [1.54, 1.807) is 6.07 Å². The number of aryl methyl sites for hydroxylation is 1. The maximum Gasteiger partial charge on any atom is 0.295 e. The number of furan rings is 1. The van der Waals surface area contributed by atoms with Gasteiger partial charge in [-0.05, 0) is 49.4 Å². The molecule has 4 aromatic rings. The van der Waals surface area contributed by atoms with E-state index in [0.717, 1.165) is 33.6 Å². The summed E-state index contributed by atoms with van der Waals surface area (Å²) in [6, 6.07) is 11.1. The number of H-pyrrole nitrogens is 1. The van der Waals surface area contributed by atoms with Gasteiger partial charge in [0.15, 0.2) is 11.5 Å². The number of rotatable bonds is 7. The molecule has 7 nitrogen and oxygen atoms in total. The maximum atomic E-state index is 13.1. The summed E-state index contributed by atoms with van der Waals surface area (Å²) in [5, 5.41) is 5.67. The zero-order chi connectivity index (χ0) is 24.2. The summed E-state index contributed by atoms with van der Waals surface area (Å²) in [5.74, 6) is 2.37. The molecule has 0 spiro atoms. The van der Waals surface area contributed by atoms with Gasteiger partial charge in [0.05, 0.1) is 11.4 Å². The lowest BCUT2D eigenvalue weighted by molar-refractivity contribution is -0.105. The summed E-state index contributed by atoms with van der Waals surface area (Å²) in [6.45, 7) is 4.16. The highest BCUT2D eigenvalue weighted by molar-refractivity contribution is 7.98. The number of pyridine rings is 1. The Bertz CT molecular complexity index is 1300. The molecule has 0 radical (unpaired) electrons. The minimum absolute atomic E-state index is 0.0769. The van der Waals surface area contributed by atoms with Crippen LogP contribution in [0.1, 0.15) is 37.8 Å². The van der Waals surface area contributed by atoms with E-state index in [0.29, 0.717) is 17.6 Å². The van der Waals surface area contributed by atoms with Gasteiger partial charge in [-0.2, -0.15) is 0 Å². The third kappa shape index (κ3) is 5.56. The number of alkyl halides is 2. The molecule has 0 aliphatic heterocycles.